The Bertz CT molecular complexity index is 717. The van der Waals surface area contributed by atoms with E-state index in [2.05, 4.69) is 41.9 Å². The van der Waals surface area contributed by atoms with Crippen molar-refractivity contribution in [2.24, 2.45) is 0 Å². The van der Waals surface area contributed by atoms with Crippen LogP contribution in [0.2, 0.25) is 0 Å². The van der Waals surface area contributed by atoms with Crippen LogP contribution in [-0.4, -0.2) is 5.11 Å². The number of hydrogen-bond donors (Lipinski definition) is 1. The third-order valence-corrected chi connectivity index (χ3v) is 5.00. The molecule has 1 aliphatic rings. The molecular formula is C20H23BrO2. The smallest absolute Gasteiger partial charge is 0.141 e. The van der Waals surface area contributed by atoms with Crippen LogP contribution < -0.4 is 4.74 Å². The number of benzene rings is 2. The number of aryl methyl sites for hydroxylation is 2. The number of aliphatic hydroxyl groups is 1. The monoisotopic (exact) mass is 374 g/mol. The maximum Gasteiger partial charge on any atom is 0.141 e. The zero-order valence-electron chi connectivity index (χ0n) is 14.1. The van der Waals surface area contributed by atoms with Gasteiger partial charge in [-0.15, -0.1) is 0 Å². The van der Waals surface area contributed by atoms with E-state index < -0.39 is 5.60 Å². The van der Waals surface area contributed by atoms with Crippen LogP contribution in [0.3, 0.4) is 0 Å². The minimum atomic E-state index is -0.862. The summed E-state index contributed by atoms with van der Waals surface area (Å²) in [6.45, 7) is 7.76. The van der Waals surface area contributed by atoms with Crippen molar-refractivity contribution in [3.05, 3.63) is 57.1 Å². The molecular weight excluding hydrogens is 352 g/mol. The second kappa shape index (κ2) is 5.95. The second-order valence-corrected chi connectivity index (χ2v) is 7.92. The predicted octanol–water partition coefficient (Wildman–Crippen LogP) is 5.96. The molecule has 3 rings (SSSR count). The van der Waals surface area contributed by atoms with Crippen molar-refractivity contribution in [3.8, 4) is 11.5 Å². The van der Waals surface area contributed by atoms with Crippen molar-refractivity contribution < 1.29 is 9.84 Å². The van der Waals surface area contributed by atoms with Crippen molar-refractivity contribution in [2.45, 2.75) is 52.1 Å². The van der Waals surface area contributed by atoms with Gasteiger partial charge in [-0.2, -0.15) is 0 Å². The Morgan fingerprint density at radius 1 is 1.09 bits per heavy atom. The molecule has 0 amide bonds. The molecule has 1 aliphatic carbocycles. The van der Waals surface area contributed by atoms with E-state index in [9.17, 15) is 5.11 Å². The molecule has 122 valence electrons. The van der Waals surface area contributed by atoms with Gasteiger partial charge in [0.2, 0.25) is 0 Å². The Balaban J connectivity index is 1.90. The molecule has 0 spiro atoms. The van der Waals surface area contributed by atoms with Gasteiger partial charge in [0.1, 0.15) is 11.5 Å². The maximum atomic E-state index is 10.1. The number of hydrogen-bond acceptors (Lipinski definition) is 2. The molecule has 0 bridgehead atoms. The number of ether oxygens (including phenoxy) is 1. The summed E-state index contributed by atoms with van der Waals surface area (Å²) in [4.78, 5) is 0. The van der Waals surface area contributed by atoms with Crippen LogP contribution in [-0.2, 0) is 5.60 Å². The standard InChI is InChI=1S/C20H23BrO2/c1-12-9-15(14-5-6-14)10-13(2)19(12)23-18-8-7-16(11-17(18)21)20(3,4)22/h7-11,14,22H,5-6H2,1-4H3. The highest BCUT2D eigenvalue weighted by atomic mass is 79.9. The molecule has 1 saturated carbocycles. The summed E-state index contributed by atoms with van der Waals surface area (Å²) in [7, 11) is 0. The fourth-order valence-electron chi connectivity index (χ4n) is 2.87. The van der Waals surface area contributed by atoms with Gasteiger partial charge in [0.05, 0.1) is 10.1 Å². The Morgan fingerprint density at radius 3 is 2.17 bits per heavy atom. The van der Waals surface area contributed by atoms with Crippen molar-refractivity contribution in [1.29, 1.82) is 0 Å². The van der Waals surface area contributed by atoms with E-state index in [1.165, 1.54) is 29.5 Å². The first-order chi connectivity index (χ1) is 10.8. The summed E-state index contributed by atoms with van der Waals surface area (Å²) in [5.74, 6) is 2.44. The lowest BCUT2D eigenvalue weighted by Crippen LogP contribution is -2.15. The third kappa shape index (κ3) is 3.61. The molecule has 2 nitrogen and oxygen atoms in total. The highest BCUT2D eigenvalue weighted by molar-refractivity contribution is 9.10. The lowest BCUT2D eigenvalue weighted by Gasteiger charge is -2.20. The predicted molar refractivity (Wildman–Crippen MR) is 97.4 cm³/mol. The largest absolute Gasteiger partial charge is 0.456 e. The van der Waals surface area contributed by atoms with Crippen molar-refractivity contribution in [2.75, 3.05) is 0 Å². The van der Waals surface area contributed by atoms with Crippen LogP contribution >= 0.6 is 15.9 Å². The summed E-state index contributed by atoms with van der Waals surface area (Å²) in [5.41, 5.74) is 3.77. The quantitative estimate of drug-likeness (QED) is 0.714. The Labute approximate surface area is 146 Å². The van der Waals surface area contributed by atoms with Gasteiger partial charge in [-0.05, 0) is 96.8 Å². The molecule has 0 unspecified atom stereocenters. The molecule has 0 atom stereocenters. The molecule has 0 aliphatic heterocycles. The van der Waals surface area contributed by atoms with Gasteiger partial charge in [0.25, 0.3) is 0 Å². The van der Waals surface area contributed by atoms with Gasteiger partial charge >= 0.3 is 0 Å². The van der Waals surface area contributed by atoms with Crippen molar-refractivity contribution >= 4 is 15.9 Å². The van der Waals surface area contributed by atoms with E-state index in [1.807, 2.05) is 18.2 Å². The summed E-state index contributed by atoms with van der Waals surface area (Å²) >= 11 is 3.56. The molecule has 23 heavy (non-hydrogen) atoms. The van der Waals surface area contributed by atoms with E-state index in [0.29, 0.717) is 0 Å². The van der Waals surface area contributed by atoms with Gasteiger partial charge in [0, 0.05) is 0 Å². The first-order valence-corrected chi connectivity index (χ1v) is 8.86. The lowest BCUT2D eigenvalue weighted by atomic mass is 9.98. The lowest BCUT2D eigenvalue weighted by molar-refractivity contribution is 0.0785. The third-order valence-electron chi connectivity index (χ3n) is 4.38. The average Bonchev–Trinajstić information content (AvgIpc) is 3.27. The molecule has 1 N–H and O–H groups in total. The molecule has 0 saturated heterocycles. The van der Waals surface area contributed by atoms with Gasteiger partial charge in [-0.25, -0.2) is 0 Å². The molecule has 2 aromatic carbocycles. The SMILES string of the molecule is Cc1cc(C2CC2)cc(C)c1Oc1ccc(C(C)(C)O)cc1Br. The molecule has 3 heteroatoms. The average molecular weight is 375 g/mol. The van der Waals surface area contributed by atoms with Crippen LogP contribution in [0, 0.1) is 13.8 Å². The van der Waals surface area contributed by atoms with Gasteiger partial charge in [0.15, 0.2) is 0 Å². The van der Waals surface area contributed by atoms with Crippen LogP contribution in [0.15, 0.2) is 34.8 Å². The minimum Gasteiger partial charge on any atom is -0.456 e. The first-order valence-electron chi connectivity index (χ1n) is 8.07. The fraction of sp³-hybridized carbons (Fsp3) is 0.400. The maximum absolute atomic E-state index is 10.1. The Morgan fingerprint density at radius 2 is 1.70 bits per heavy atom. The molecule has 0 radical (unpaired) electrons. The zero-order chi connectivity index (χ0) is 16.8. The number of rotatable bonds is 4. The van der Waals surface area contributed by atoms with Crippen LogP contribution in [0.5, 0.6) is 11.5 Å². The molecule has 0 heterocycles. The van der Waals surface area contributed by atoms with Crippen molar-refractivity contribution in [1.82, 2.24) is 0 Å². The highest BCUT2D eigenvalue weighted by Gasteiger charge is 2.25. The van der Waals surface area contributed by atoms with Crippen LogP contribution in [0.1, 0.15) is 54.9 Å². The normalized spacial score (nSPS) is 14.9. The minimum absolute atomic E-state index is 0.749. The first kappa shape index (κ1) is 16.5. The van der Waals surface area contributed by atoms with E-state index in [1.54, 1.807) is 13.8 Å². The van der Waals surface area contributed by atoms with E-state index >= 15 is 0 Å². The van der Waals surface area contributed by atoms with Gasteiger partial charge in [-0.1, -0.05) is 18.2 Å². The van der Waals surface area contributed by atoms with E-state index in [-0.39, 0.29) is 0 Å². The van der Waals surface area contributed by atoms with Crippen LogP contribution in [0.25, 0.3) is 0 Å². The van der Waals surface area contributed by atoms with Gasteiger partial charge < -0.3 is 9.84 Å². The summed E-state index contributed by atoms with van der Waals surface area (Å²) in [6.07, 6.45) is 2.62. The Kier molecular flexibility index (Phi) is 4.28. The molecule has 2 aromatic rings. The van der Waals surface area contributed by atoms with Crippen LogP contribution in [0.4, 0.5) is 0 Å². The number of halogens is 1. The van der Waals surface area contributed by atoms with Gasteiger partial charge in [-0.3, -0.25) is 0 Å². The fourth-order valence-corrected chi connectivity index (χ4v) is 3.33. The summed E-state index contributed by atoms with van der Waals surface area (Å²) < 4.78 is 7.01. The highest BCUT2D eigenvalue weighted by Crippen LogP contribution is 2.43. The molecule has 0 aromatic heterocycles. The topological polar surface area (TPSA) is 29.5 Å². The second-order valence-electron chi connectivity index (χ2n) is 7.06. The van der Waals surface area contributed by atoms with E-state index in [0.717, 1.165) is 27.5 Å². The molecule has 1 fully saturated rings. The summed E-state index contributed by atoms with van der Waals surface area (Å²) in [5, 5.41) is 10.1. The zero-order valence-corrected chi connectivity index (χ0v) is 15.7. The Hall–Kier alpha value is -1.32. The summed E-state index contributed by atoms with van der Waals surface area (Å²) in [6, 6.07) is 10.2. The van der Waals surface area contributed by atoms with E-state index in [4.69, 9.17) is 4.74 Å². The van der Waals surface area contributed by atoms with Crippen molar-refractivity contribution in [3.63, 3.8) is 0 Å².